The fraction of sp³-hybridized carbons (Fsp3) is 0.278. The molecule has 0 fully saturated rings. The molecule has 4 nitrogen and oxygen atoms in total. The van der Waals surface area contributed by atoms with Crippen molar-refractivity contribution in [1.82, 2.24) is 5.32 Å². The Kier molecular flexibility index (Phi) is 6.66. The second-order valence-electron chi connectivity index (χ2n) is 5.51. The van der Waals surface area contributed by atoms with E-state index in [0.717, 1.165) is 21.3 Å². The molecule has 0 radical (unpaired) electrons. The number of hydrogen-bond acceptors (Lipinski definition) is 3. The van der Waals surface area contributed by atoms with Gasteiger partial charge in [-0.25, -0.2) is 0 Å². The zero-order valence-corrected chi connectivity index (χ0v) is 16.2. The van der Waals surface area contributed by atoms with Crippen molar-refractivity contribution in [2.45, 2.75) is 19.9 Å². The molecule has 0 saturated carbocycles. The van der Waals surface area contributed by atoms with Crippen LogP contribution in [0.5, 0.6) is 5.75 Å². The van der Waals surface area contributed by atoms with Crippen LogP contribution in [0.4, 0.5) is 5.69 Å². The summed E-state index contributed by atoms with van der Waals surface area (Å²) < 4.78 is 6.10. The first-order valence-corrected chi connectivity index (χ1v) is 8.70. The van der Waals surface area contributed by atoms with Crippen molar-refractivity contribution in [3.8, 4) is 5.75 Å². The van der Waals surface area contributed by atoms with E-state index in [2.05, 4.69) is 26.6 Å². The van der Waals surface area contributed by atoms with Crippen molar-refractivity contribution >= 4 is 39.1 Å². The van der Waals surface area contributed by atoms with Crippen molar-refractivity contribution in [3.05, 3.63) is 57.0 Å². The minimum absolute atomic E-state index is 0.0274. The lowest BCUT2D eigenvalue weighted by Gasteiger charge is -2.15. The lowest BCUT2D eigenvalue weighted by molar-refractivity contribution is -0.115. The summed E-state index contributed by atoms with van der Waals surface area (Å²) in [6, 6.07) is 11.3. The van der Waals surface area contributed by atoms with E-state index in [1.54, 1.807) is 13.2 Å². The van der Waals surface area contributed by atoms with Gasteiger partial charge in [0, 0.05) is 16.8 Å². The topological polar surface area (TPSA) is 50.4 Å². The zero-order valence-electron chi connectivity index (χ0n) is 13.8. The molecule has 0 aliphatic heterocycles. The van der Waals surface area contributed by atoms with Crippen molar-refractivity contribution in [2.75, 3.05) is 19.0 Å². The Bertz CT molecular complexity index is 737. The number of nitrogens with one attached hydrogen (secondary N) is 2. The molecular formula is C18H20BrClN2O2. The van der Waals surface area contributed by atoms with E-state index in [4.69, 9.17) is 16.3 Å². The average molecular weight is 412 g/mol. The molecule has 0 saturated heterocycles. The summed E-state index contributed by atoms with van der Waals surface area (Å²) in [6.45, 7) is 4.13. The minimum Gasteiger partial charge on any atom is -0.496 e. The summed E-state index contributed by atoms with van der Waals surface area (Å²) in [5.41, 5.74) is 2.73. The van der Waals surface area contributed by atoms with Gasteiger partial charge in [0.1, 0.15) is 5.75 Å². The van der Waals surface area contributed by atoms with Gasteiger partial charge in [-0.1, -0.05) is 23.7 Å². The second-order valence-corrected chi connectivity index (χ2v) is 6.77. The largest absolute Gasteiger partial charge is 0.496 e. The lowest BCUT2D eigenvalue weighted by atomic mass is 10.1. The molecule has 128 valence electrons. The SMILES string of the molecule is COc1ccc([C@H](C)NCC(=O)Nc2ccc(C)c(Cl)c2)cc1Br. The van der Waals surface area contributed by atoms with Crippen LogP contribution in [0.25, 0.3) is 0 Å². The number of amides is 1. The predicted molar refractivity (Wildman–Crippen MR) is 102 cm³/mol. The summed E-state index contributed by atoms with van der Waals surface area (Å²) in [5.74, 6) is 0.661. The smallest absolute Gasteiger partial charge is 0.238 e. The highest BCUT2D eigenvalue weighted by atomic mass is 79.9. The molecule has 0 bridgehead atoms. The minimum atomic E-state index is -0.116. The van der Waals surface area contributed by atoms with Crippen LogP contribution in [0.1, 0.15) is 24.1 Å². The maximum Gasteiger partial charge on any atom is 0.238 e. The summed E-state index contributed by atoms with van der Waals surface area (Å²) in [4.78, 5) is 12.1. The summed E-state index contributed by atoms with van der Waals surface area (Å²) in [6.07, 6.45) is 0. The number of halogens is 2. The van der Waals surface area contributed by atoms with Gasteiger partial charge in [-0.3, -0.25) is 4.79 Å². The first kappa shape index (κ1) is 18.8. The highest BCUT2D eigenvalue weighted by Crippen LogP contribution is 2.28. The number of anilines is 1. The molecule has 2 rings (SSSR count). The van der Waals surface area contributed by atoms with Gasteiger partial charge in [-0.05, 0) is 65.2 Å². The van der Waals surface area contributed by atoms with Crippen molar-refractivity contribution in [2.24, 2.45) is 0 Å². The molecule has 2 aromatic carbocycles. The van der Waals surface area contributed by atoms with Gasteiger partial charge >= 0.3 is 0 Å². The Labute approximate surface area is 155 Å². The molecule has 2 N–H and O–H groups in total. The number of ether oxygens (including phenoxy) is 1. The molecule has 0 unspecified atom stereocenters. The van der Waals surface area contributed by atoms with Crippen LogP contribution >= 0.6 is 27.5 Å². The maximum atomic E-state index is 12.1. The van der Waals surface area contributed by atoms with Gasteiger partial charge in [0.05, 0.1) is 18.1 Å². The normalized spacial score (nSPS) is 11.9. The molecule has 2 aromatic rings. The Morgan fingerprint density at radius 3 is 2.67 bits per heavy atom. The van der Waals surface area contributed by atoms with Crippen LogP contribution in [0.2, 0.25) is 5.02 Å². The summed E-state index contributed by atoms with van der Waals surface area (Å²) in [5, 5.41) is 6.67. The third-order valence-corrected chi connectivity index (χ3v) is 4.73. The second kappa shape index (κ2) is 8.51. The van der Waals surface area contributed by atoms with Gasteiger partial charge in [0.2, 0.25) is 5.91 Å². The Hall–Kier alpha value is -1.56. The van der Waals surface area contributed by atoms with E-state index >= 15 is 0 Å². The number of carbonyl (C=O) groups is 1. The lowest BCUT2D eigenvalue weighted by Crippen LogP contribution is -2.30. The number of aryl methyl sites for hydroxylation is 1. The van der Waals surface area contributed by atoms with Crippen LogP contribution in [0, 0.1) is 6.92 Å². The third kappa shape index (κ3) is 4.97. The highest BCUT2D eigenvalue weighted by Gasteiger charge is 2.10. The number of methoxy groups -OCH3 is 1. The fourth-order valence-electron chi connectivity index (χ4n) is 2.19. The van der Waals surface area contributed by atoms with Gasteiger partial charge in [0.15, 0.2) is 0 Å². The number of carbonyl (C=O) groups excluding carboxylic acids is 1. The highest BCUT2D eigenvalue weighted by molar-refractivity contribution is 9.10. The molecule has 1 atom stereocenters. The van der Waals surface area contributed by atoms with Crippen LogP contribution in [0.15, 0.2) is 40.9 Å². The van der Waals surface area contributed by atoms with Gasteiger partial charge in [0.25, 0.3) is 0 Å². The van der Waals surface area contributed by atoms with E-state index in [-0.39, 0.29) is 18.5 Å². The fourth-order valence-corrected chi connectivity index (χ4v) is 2.93. The van der Waals surface area contributed by atoms with E-state index < -0.39 is 0 Å². The quantitative estimate of drug-likeness (QED) is 0.724. The Morgan fingerprint density at radius 2 is 2.04 bits per heavy atom. The van der Waals surface area contributed by atoms with E-state index in [0.29, 0.717) is 10.7 Å². The molecule has 0 spiro atoms. The van der Waals surface area contributed by atoms with Crippen LogP contribution in [-0.2, 0) is 4.79 Å². The molecule has 0 heterocycles. The standard InChI is InChI=1S/C18H20BrClN2O2/c1-11-4-6-14(9-16(11)20)22-18(23)10-21-12(2)13-5-7-17(24-3)15(19)8-13/h4-9,12,21H,10H2,1-3H3,(H,22,23)/t12-/m0/s1. The zero-order chi connectivity index (χ0) is 17.7. The number of rotatable bonds is 6. The molecule has 0 aromatic heterocycles. The van der Waals surface area contributed by atoms with Gasteiger partial charge in [-0.15, -0.1) is 0 Å². The van der Waals surface area contributed by atoms with Gasteiger partial charge < -0.3 is 15.4 Å². The molecule has 1 amide bonds. The first-order chi connectivity index (χ1) is 11.4. The molecule has 24 heavy (non-hydrogen) atoms. The molecular weight excluding hydrogens is 392 g/mol. The molecule has 0 aliphatic carbocycles. The maximum absolute atomic E-state index is 12.1. The molecule has 0 aliphatic rings. The van der Waals surface area contributed by atoms with E-state index in [9.17, 15) is 4.79 Å². The average Bonchev–Trinajstić information content (AvgIpc) is 2.56. The van der Waals surface area contributed by atoms with Gasteiger partial charge in [-0.2, -0.15) is 0 Å². The van der Waals surface area contributed by atoms with Crippen LogP contribution in [-0.4, -0.2) is 19.6 Å². The monoisotopic (exact) mass is 410 g/mol. The third-order valence-electron chi connectivity index (χ3n) is 3.70. The Balaban J connectivity index is 1.90. The summed E-state index contributed by atoms with van der Waals surface area (Å²) in [7, 11) is 1.63. The number of hydrogen-bond donors (Lipinski definition) is 2. The van der Waals surface area contributed by atoms with E-state index in [1.165, 1.54) is 0 Å². The summed E-state index contributed by atoms with van der Waals surface area (Å²) >= 11 is 9.53. The van der Waals surface area contributed by atoms with Crippen LogP contribution in [0.3, 0.4) is 0 Å². The molecule has 6 heteroatoms. The predicted octanol–water partition coefficient (Wildman–Crippen LogP) is 4.71. The van der Waals surface area contributed by atoms with Crippen LogP contribution < -0.4 is 15.4 Å². The number of benzene rings is 2. The first-order valence-electron chi connectivity index (χ1n) is 7.53. The Morgan fingerprint density at radius 1 is 1.29 bits per heavy atom. The van der Waals surface area contributed by atoms with Crippen molar-refractivity contribution in [3.63, 3.8) is 0 Å². The van der Waals surface area contributed by atoms with Crippen molar-refractivity contribution < 1.29 is 9.53 Å². The van der Waals surface area contributed by atoms with E-state index in [1.807, 2.05) is 44.2 Å². The van der Waals surface area contributed by atoms with Crippen molar-refractivity contribution in [1.29, 1.82) is 0 Å².